The molecule has 4 N–H and O–H groups in total. The van der Waals surface area contributed by atoms with E-state index in [-0.39, 0.29) is 36.6 Å². The van der Waals surface area contributed by atoms with E-state index in [1.54, 1.807) is 34.1 Å². The van der Waals surface area contributed by atoms with E-state index < -0.39 is 12.1 Å². The topological polar surface area (TPSA) is 125 Å². The normalized spacial score (nSPS) is 17.3. The molecule has 3 aromatic rings. The minimum absolute atomic E-state index is 0.00865. The minimum Gasteiger partial charge on any atom is -0.354 e. The second-order valence-corrected chi connectivity index (χ2v) is 10.4. The Morgan fingerprint density at radius 1 is 1.00 bits per heavy atom. The molecule has 0 saturated carbocycles. The van der Waals surface area contributed by atoms with E-state index in [2.05, 4.69) is 10.6 Å². The van der Waals surface area contributed by atoms with Crippen LogP contribution in [0.1, 0.15) is 41.6 Å². The maximum absolute atomic E-state index is 13.5. The molecule has 2 aliphatic rings. The van der Waals surface area contributed by atoms with Crippen LogP contribution < -0.4 is 21.3 Å². The predicted molar refractivity (Wildman–Crippen MR) is 154 cm³/mol. The molecular formula is C31H35N5O4. The number of hydrogen-bond acceptors (Lipinski definition) is 5. The van der Waals surface area contributed by atoms with Crippen molar-refractivity contribution in [3.8, 4) is 0 Å². The van der Waals surface area contributed by atoms with Crippen molar-refractivity contribution in [3.05, 3.63) is 77.9 Å². The lowest BCUT2D eigenvalue weighted by atomic mass is 10.0. The number of carbonyl (C=O) groups excluding carboxylic acids is 4. The van der Waals surface area contributed by atoms with E-state index in [4.69, 9.17) is 5.73 Å². The van der Waals surface area contributed by atoms with Gasteiger partial charge >= 0.3 is 0 Å². The average molecular weight is 542 g/mol. The summed E-state index contributed by atoms with van der Waals surface area (Å²) in [5, 5.41) is 7.92. The summed E-state index contributed by atoms with van der Waals surface area (Å²) < 4.78 is 0. The maximum Gasteiger partial charge on any atom is 0.256 e. The van der Waals surface area contributed by atoms with E-state index in [1.807, 2.05) is 42.5 Å². The summed E-state index contributed by atoms with van der Waals surface area (Å²) in [6.07, 6.45) is 2.33. The van der Waals surface area contributed by atoms with E-state index >= 15 is 0 Å². The van der Waals surface area contributed by atoms with Gasteiger partial charge in [0.1, 0.15) is 12.1 Å². The second-order valence-electron chi connectivity index (χ2n) is 10.4. The smallest absolute Gasteiger partial charge is 0.256 e. The van der Waals surface area contributed by atoms with Crippen LogP contribution >= 0.6 is 0 Å². The molecule has 0 aromatic heterocycles. The molecule has 0 bridgehead atoms. The van der Waals surface area contributed by atoms with Gasteiger partial charge in [-0.3, -0.25) is 19.2 Å². The van der Waals surface area contributed by atoms with Crippen molar-refractivity contribution >= 4 is 40.1 Å². The van der Waals surface area contributed by atoms with Crippen molar-refractivity contribution in [1.82, 2.24) is 15.5 Å². The van der Waals surface area contributed by atoms with Gasteiger partial charge in [-0.15, -0.1) is 0 Å². The van der Waals surface area contributed by atoms with Crippen molar-refractivity contribution < 1.29 is 19.2 Å². The van der Waals surface area contributed by atoms with Gasteiger partial charge in [0.15, 0.2) is 0 Å². The summed E-state index contributed by atoms with van der Waals surface area (Å²) in [6.45, 7) is 1.53. The number of nitrogens with two attached hydrogens (primary N) is 1. The maximum atomic E-state index is 13.5. The molecule has 0 aliphatic carbocycles. The standard InChI is InChI=1S/C31H35N5O4/c32-15-6-16-33-29(38)25(20-21-12-13-22-7-1-2-8-23(22)19-21)34-28(37)14-18-36-26-10-4-3-9-24(26)30(39)35-17-5-11-27(35)31(36)40/h1-4,7-10,12-13,19,25,27H,5-6,11,14-18,20,32H2,(H,33,38)(H,34,37)/t25-,27+/m1/s1. The highest BCUT2D eigenvalue weighted by Gasteiger charge is 2.41. The van der Waals surface area contributed by atoms with Crippen LogP contribution in [-0.2, 0) is 20.8 Å². The first-order chi connectivity index (χ1) is 19.5. The number of fused-ring (bicyclic) bond motifs is 3. The first kappa shape index (κ1) is 27.3. The molecule has 0 radical (unpaired) electrons. The highest BCUT2D eigenvalue weighted by atomic mass is 16.2. The molecule has 3 aromatic carbocycles. The van der Waals surface area contributed by atoms with Gasteiger partial charge in [0.2, 0.25) is 17.7 Å². The number of nitrogens with zero attached hydrogens (tertiary/aromatic N) is 2. The van der Waals surface area contributed by atoms with Crippen LogP contribution in [0.4, 0.5) is 5.69 Å². The Labute approximate surface area is 233 Å². The molecule has 5 rings (SSSR count). The number of nitrogens with one attached hydrogen (secondary N) is 2. The third-order valence-corrected chi connectivity index (χ3v) is 7.64. The fourth-order valence-corrected chi connectivity index (χ4v) is 5.57. The molecule has 0 unspecified atom stereocenters. The molecule has 40 heavy (non-hydrogen) atoms. The van der Waals surface area contributed by atoms with Gasteiger partial charge in [-0.05, 0) is 54.3 Å². The van der Waals surface area contributed by atoms with Crippen LogP contribution in [0.3, 0.4) is 0 Å². The molecule has 208 valence electrons. The number of carbonyl (C=O) groups is 4. The van der Waals surface area contributed by atoms with Crippen LogP contribution in [0.25, 0.3) is 10.8 Å². The zero-order valence-corrected chi connectivity index (χ0v) is 22.5. The molecule has 1 saturated heterocycles. The molecule has 1 fully saturated rings. The fraction of sp³-hybridized carbons (Fsp3) is 0.355. The summed E-state index contributed by atoms with van der Waals surface area (Å²) in [6, 6.07) is 19.7. The SMILES string of the molecule is NCCCNC(=O)[C@@H](Cc1ccc2ccccc2c1)NC(=O)CCN1C(=O)[C@@H]2CCCN2C(=O)c2ccccc21. The first-order valence-electron chi connectivity index (χ1n) is 13.9. The summed E-state index contributed by atoms with van der Waals surface area (Å²) in [7, 11) is 0. The Bertz CT molecular complexity index is 1420. The average Bonchev–Trinajstić information content (AvgIpc) is 3.44. The molecule has 2 atom stereocenters. The molecule has 9 nitrogen and oxygen atoms in total. The lowest BCUT2D eigenvalue weighted by molar-refractivity contribution is -0.129. The Morgan fingerprint density at radius 3 is 2.60 bits per heavy atom. The van der Waals surface area contributed by atoms with Gasteiger partial charge in [0, 0.05) is 32.5 Å². The van der Waals surface area contributed by atoms with Crippen LogP contribution in [0.15, 0.2) is 66.7 Å². The zero-order valence-electron chi connectivity index (χ0n) is 22.5. The molecule has 2 heterocycles. The molecule has 0 spiro atoms. The van der Waals surface area contributed by atoms with E-state index in [0.717, 1.165) is 22.8 Å². The number of hydrogen-bond donors (Lipinski definition) is 3. The van der Waals surface area contributed by atoms with Crippen molar-refractivity contribution in [2.45, 2.75) is 44.2 Å². The Morgan fingerprint density at radius 2 is 1.77 bits per heavy atom. The van der Waals surface area contributed by atoms with Crippen molar-refractivity contribution in [1.29, 1.82) is 0 Å². The van der Waals surface area contributed by atoms with Gasteiger partial charge < -0.3 is 26.2 Å². The van der Waals surface area contributed by atoms with Crippen LogP contribution in [0.2, 0.25) is 0 Å². The second kappa shape index (κ2) is 12.3. The first-order valence-corrected chi connectivity index (χ1v) is 13.9. The highest BCUT2D eigenvalue weighted by Crippen LogP contribution is 2.32. The van der Waals surface area contributed by atoms with E-state index in [0.29, 0.717) is 50.1 Å². The van der Waals surface area contributed by atoms with Crippen LogP contribution in [-0.4, -0.2) is 66.8 Å². The Balaban J connectivity index is 1.31. The number of para-hydroxylation sites is 1. The molecule has 2 aliphatic heterocycles. The number of rotatable bonds is 10. The third kappa shape index (κ3) is 5.84. The fourth-order valence-electron chi connectivity index (χ4n) is 5.57. The molecule has 9 heteroatoms. The van der Waals surface area contributed by atoms with Gasteiger partial charge in [-0.1, -0.05) is 54.6 Å². The van der Waals surface area contributed by atoms with Crippen molar-refractivity contribution in [2.75, 3.05) is 31.1 Å². The van der Waals surface area contributed by atoms with Crippen molar-refractivity contribution in [3.63, 3.8) is 0 Å². The van der Waals surface area contributed by atoms with Gasteiger partial charge in [-0.25, -0.2) is 0 Å². The van der Waals surface area contributed by atoms with Crippen molar-refractivity contribution in [2.24, 2.45) is 5.73 Å². The summed E-state index contributed by atoms with van der Waals surface area (Å²) in [5.74, 6) is -0.943. The quantitative estimate of drug-likeness (QED) is 0.340. The summed E-state index contributed by atoms with van der Waals surface area (Å²) in [5.41, 5.74) is 7.49. The summed E-state index contributed by atoms with van der Waals surface area (Å²) >= 11 is 0. The third-order valence-electron chi connectivity index (χ3n) is 7.64. The van der Waals surface area contributed by atoms with E-state index in [9.17, 15) is 19.2 Å². The highest BCUT2D eigenvalue weighted by molar-refractivity contribution is 6.11. The monoisotopic (exact) mass is 541 g/mol. The zero-order chi connectivity index (χ0) is 28.1. The van der Waals surface area contributed by atoms with Gasteiger partial charge in [-0.2, -0.15) is 0 Å². The molecule has 4 amide bonds. The lowest BCUT2D eigenvalue weighted by Crippen LogP contribution is -2.49. The van der Waals surface area contributed by atoms with Gasteiger partial charge in [0.25, 0.3) is 5.91 Å². The summed E-state index contributed by atoms with van der Waals surface area (Å²) in [4.78, 5) is 56.1. The minimum atomic E-state index is -0.787. The number of benzene rings is 3. The lowest BCUT2D eigenvalue weighted by Gasteiger charge is -2.26. The van der Waals surface area contributed by atoms with Gasteiger partial charge in [0.05, 0.1) is 11.3 Å². The van der Waals surface area contributed by atoms with Crippen LogP contribution in [0.5, 0.6) is 0 Å². The number of amides is 4. The van der Waals surface area contributed by atoms with Crippen LogP contribution in [0, 0.1) is 0 Å². The predicted octanol–water partition coefficient (Wildman–Crippen LogP) is 2.37. The largest absolute Gasteiger partial charge is 0.354 e. The number of anilines is 1. The molecular weight excluding hydrogens is 506 g/mol. The Hall–Kier alpha value is -4.24. The van der Waals surface area contributed by atoms with E-state index in [1.165, 1.54) is 0 Å². The Kier molecular flexibility index (Phi) is 8.40.